The monoisotopic (exact) mass is 426 g/mol. The summed E-state index contributed by atoms with van der Waals surface area (Å²) in [5, 5.41) is 41.3. The van der Waals surface area contributed by atoms with E-state index in [4.69, 9.17) is 0 Å². The summed E-state index contributed by atoms with van der Waals surface area (Å²) < 4.78 is 0. The van der Waals surface area contributed by atoms with Crippen LogP contribution in [-0.2, 0) is 21.1 Å². The molecule has 0 aliphatic rings. The number of hydrogen-bond donors (Lipinski definition) is 0. The zero-order chi connectivity index (χ0) is 18.3. The molecule has 126 valence electrons. The van der Waals surface area contributed by atoms with Crippen LogP contribution < -0.4 is 20.4 Å². The molecule has 0 N–H and O–H groups in total. The minimum atomic E-state index is -1.52. The van der Waals surface area contributed by atoms with Crippen molar-refractivity contribution >= 4 is 23.9 Å². The van der Waals surface area contributed by atoms with Crippen molar-refractivity contribution < 1.29 is 60.7 Å². The molecule has 0 fully saturated rings. The second kappa shape index (κ2) is 9.99. The van der Waals surface area contributed by atoms with Crippen LogP contribution in [0.5, 0.6) is 0 Å². The number of carbonyl (C=O) groups excluding carboxylic acids is 4. The van der Waals surface area contributed by atoms with E-state index in [0.717, 1.165) is 24.3 Å². The second-order valence-electron chi connectivity index (χ2n) is 4.24. The molecule has 9 heteroatoms. The Hall–Kier alpha value is -2.99. The maximum absolute atomic E-state index is 10.3. The third-order valence-corrected chi connectivity index (χ3v) is 2.73. The van der Waals surface area contributed by atoms with E-state index in [1.807, 2.05) is 0 Å². The van der Waals surface area contributed by atoms with E-state index in [2.05, 4.69) is 0 Å². The molecule has 0 atom stereocenters. The summed E-state index contributed by atoms with van der Waals surface area (Å²) in [5.74, 6) is -6.07. The SMILES string of the molecule is O=C([O-])c1ccccc1C(=O)[O-].O=C([O-])c1ccccc1C(=O)[O-].[Mo+4]. The van der Waals surface area contributed by atoms with Crippen LogP contribution in [0.1, 0.15) is 41.4 Å². The van der Waals surface area contributed by atoms with Crippen molar-refractivity contribution in [2.45, 2.75) is 0 Å². The predicted molar refractivity (Wildman–Crippen MR) is 70.2 cm³/mol. The van der Waals surface area contributed by atoms with Gasteiger partial charge in [-0.25, -0.2) is 0 Å². The van der Waals surface area contributed by atoms with Crippen LogP contribution in [0.4, 0.5) is 0 Å². The van der Waals surface area contributed by atoms with E-state index in [1.165, 1.54) is 24.3 Å². The summed E-state index contributed by atoms with van der Waals surface area (Å²) in [5.41, 5.74) is -1.45. The first kappa shape index (κ1) is 22.0. The zero-order valence-corrected chi connectivity index (χ0v) is 14.3. The Morgan fingerprint density at radius 1 is 0.480 bits per heavy atom. The molecule has 0 aliphatic heterocycles. The Morgan fingerprint density at radius 2 is 0.640 bits per heavy atom. The molecule has 25 heavy (non-hydrogen) atoms. The smallest absolute Gasteiger partial charge is 0.545 e. The summed E-state index contributed by atoms with van der Waals surface area (Å²) in [6.45, 7) is 0. The summed E-state index contributed by atoms with van der Waals surface area (Å²) >= 11 is 0. The third-order valence-electron chi connectivity index (χ3n) is 2.73. The summed E-state index contributed by atoms with van der Waals surface area (Å²) in [4.78, 5) is 41.3. The quantitative estimate of drug-likeness (QED) is 0.465. The van der Waals surface area contributed by atoms with Crippen LogP contribution in [0.3, 0.4) is 0 Å². The molecule has 0 saturated carbocycles. The van der Waals surface area contributed by atoms with Gasteiger partial charge in [0.25, 0.3) is 0 Å². The maximum atomic E-state index is 10.3. The molecule has 0 aromatic heterocycles. The fraction of sp³-hybridized carbons (Fsp3) is 0. The van der Waals surface area contributed by atoms with Crippen LogP contribution in [0.25, 0.3) is 0 Å². The van der Waals surface area contributed by atoms with Gasteiger partial charge < -0.3 is 39.6 Å². The van der Waals surface area contributed by atoms with Gasteiger partial charge >= 0.3 is 21.1 Å². The molecule has 0 bridgehead atoms. The Labute approximate surface area is 155 Å². The van der Waals surface area contributed by atoms with Gasteiger partial charge in [-0.15, -0.1) is 0 Å². The molecule has 0 radical (unpaired) electrons. The van der Waals surface area contributed by atoms with E-state index in [1.54, 1.807) is 0 Å². The molecular weight excluding hydrogens is 416 g/mol. The number of carbonyl (C=O) groups is 4. The summed E-state index contributed by atoms with van der Waals surface area (Å²) in [6, 6.07) is 10.3. The molecular formula is C16H8MoO8. The van der Waals surface area contributed by atoms with Crippen molar-refractivity contribution in [3.05, 3.63) is 70.8 Å². The normalized spacial score (nSPS) is 8.96. The first-order valence-corrected chi connectivity index (χ1v) is 6.29. The van der Waals surface area contributed by atoms with Crippen LogP contribution in [0.2, 0.25) is 0 Å². The minimum absolute atomic E-state index is 0. The van der Waals surface area contributed by atoms with Gasteiger partial charge in [0.1, 0.15) is 0 Å². The average molecular weight is 424 g/mol. The van der Waals surface area contributed by atoms with E-state index < -0.39 is 23.9 Å². The van der Waals surface area contributed by atoms with Crippen molar-refractivity contribution in [1.82, 2.24) is 0 Å². The van der Waals surface area contributed by atoms with Gasteiger partial charge in [0.15, 0.2) is 0 Å². The number of carboxylic acids is 4. The molecule has 2 aromatic rings. The molecule has 0 amide bonds. The van der Waals surface area contributed by atoms with Gasteiger partial charge in [0.05, 0.1) is 23.9 Å². The van der Waals surface area contributed by atoms with Crippen LogP contribution in [-0.4, -0.2) is 23.9 Å². The maximum Gasteiger partial charge on any atom is 4.00 e. The predicted octanol–water partition coefficient (Wildman–Crippen LogP) is -3.18. The summed E-state index contributed by atoms with van der Waals surface area (Å²) in [7, 11) is 0. The Bertz CT molecular complexity index is 667. The minimum Gasteiger partial charge on any atom is -0.545 e. The van der Waals surface area contributed by atoms with E-state index in [9.17, 15) is 39.6 Å². The van der Waals surface area contributed by atoms with Crippen molar-refractivity contribution in [2.75, 3.05) is 0 Å². The van der Waals surface area contributed by atoms with Gasteiger partial charge in [-0.2, -0.15) is 0 Å². The Kier molecular flexibility index (Phi) is 8.80. The molecule has 8 nitrogen and oxygen atoms in total. The first-order chi connectivity index (χ1) is 11.3. The third kappa shape index (κ3) is 6.19. The fourth-order valence-electron chi connectivity index (χ4n) is 1.68. The van der Waals surface area contributed by atoms with Crippen molar-refractivity contribution in [1.29, 1.82) is 0 Å². The average Bonchev–Trinajstić information content (AvgIpc) is 2.55. The molecule has 0 aliphatic carbocycles. The molecule has 0 saturated heterocycles. The number of carboxylic acid groups (broad SMARTS) is 4. The Balaban J connectivity index is 0.000000443. The van der Waals surface area contributed by atoms with Crippen LogP contribution >= 0.6 is 0 Å². The molecule has 0 unspecified atom stereocenters. The van der Waals surface area contributed by atoms with Crippen molar-refractivity contribution in [3.8, 4) is 0 Å². The standard InChI is InChI=1S/2C8H6O4.Mo/c2*9-7(10)5-3-1-2-4-6(5)8(11)12;/h2*1-4H,(H,9,10)(H,11,12);/q;;+4/p-4. The molecule has 2 rings (SSSR count). The molecule has 2 aromatic carbocycles. The number of aromatic carboxylic acids is 4. The summed E-state index contributed by atoms with van der Waals surface area (Å²) in [6.07, 6.45) is 0. The van der Waals surface area contributed by atoms with Crippen LogP contribution in [0.15, 0.2) is 48.5 Å². The topological polar surface area (TPSA) is 161 Å². The van der Waals surface area contributed by atoms with Gasteiger partial charge in [0, 0.05) is 22.3 Å². The zero-order valence-electron chi connectivity index (χ0n) is 12.3. The largest absolute Gasteiger partial charge is 4.00 e. The number of benzene rings is 2. The van der Waals surface area contributed by atoms with Gasteiger partial charge in [-0.3, -0.25) is 0 Å². The van der Waals surface area contributed by atoms with Crippen molar-refractivity contribution in [3.63, 3.8) is 0 Å². The van der Waals surface area contributed by atoms with E-state index in [-0.39, 0.29) is 43.3 Å². The fourth-order valence-corrected chi connectivity index (χ4v) is 1.68. The van der Waals surface area contributed by atoms with Gasteiger partial charge in [-0.05, 0) is 0 Å². The van der Waals surface area contributed by atoms with Gasteiger partial charge in [-0.1, -0.05) is 48.5 Å². The van der Waals surface area contributed by atoms with E-state index in [0.29, 0.717) is 0 Å². The van der Waals surface area contributed by atoms with Crippen LogP contribution in [0, 0.1) is 0 Å². The molecule has 0 heterocycles. The van der Waals surface area contributed by atoms with Gasteiger partial charge in [0.2, 0.25) is 0 Å². The Morgan fingerprint density at radius 3 is 0.760 bits per heavy atom. The first-order valence-electron chi connectivity index (χ1n) is 6.29. The second-order valence-corrected chi connectivity index (χ2v) is 4.24. The van der Waals surface area contributed by atoms with Crippen molar-refractivity contribution in [2.24, 2.45) is 0 Å². The number of hydrogen-bond acceptors (Lipinski definition) is 8. The molecule has 0 spiro atoms. The van der Waals surface area contributed by atoms with E-state index >= 15 is 0 Å². The number of rotatable bonds is 4.